The van der Waals surface area contributed by atoms with Crippen LogP contribution in [0.25, 0.3) is 10.8 Å². The quantitative estimate of drug-likeness (QED) is 0.730. The summed E-state index contributed by atoms with van der Waals surface area (Å²) in [6.07, 6.45) is 0. The summed E-state index contributed by atoms with van der Waals surface area (Å²) in [7, 11) is -2.48. The molecule has 128 valence electrons. The lowest BCUT2D eigenvalue weighted by atomic mass is 10.1. The molecule has 0 aliphatic rings. The molecule has 0 bridgehead atoms. The lowest BCUT2D eigenvalue weighted by Gasteiger charge is -2.14. The van der Waals surface area contributed by atoms with Gasteiger partial charge in [-0.2, -0.15) is 0 Å². The Morgan fingerprint density at radius 1 is 0.960 bits per heavy atom. The normalized spacial score (nSPS) is 11.2. The fourth-order valence-corrected chi connectivity index (χ4v) is 3.91. The SMILES string of the molecule is COc1ccc(S(=O)(=O)Nc2ccccc2C(=O)O)c2ccccc12. The highest BCUT2D eigenvalue weighted by atomic mass is 32.2. The van der Waals surface area contributed by atoms with Gasteiger partial charge in [-0.05, 0) is 24.3 Å². The summed E-state index contributed by atoms with van der Waals surface area (Å²) >= 11 is 0. The van der Waals surface area contributed by atoms with E-state index >= 15 is 0 Å². The number of hydrogen-bond acceptors (Lipinski definition) is 4. The lowest BCUT2D eigenvalue weighted by molar-refractivity contribution is 0.0698. The van der Waals surface area contributed by atoms with Gasteiger partial charge < -0.3 is 9.84 Å². The lowest BCUT2D eigenvalue weighted by Crippen LogP contribution is -2.16. The molecule has 0 spiro atoms. The Bertz CT molecular complexity index is 1060. The smallest absolute Gasteiger partial charge is 0.337 e. The summed E-state index contributed by atoms with van der Waals surface area (Å²) in [6.45, 7) is 0. The molecule has 2 N–H and O–H groups in total. The number of rotatable bonds is 5. The van der Waals surface area contributed by atoms with Gasteiger partial charge in [0, 0.05) is 10.8 Å². The molecule has 0 fully saturated rings. The number of aromatic carboxylic acids is 1. The molecule has 3 rings (SSSR count). The van der Waals surface area contributed by atoms with Crippen LogP contribution in [0.2, 0.25) is 0 Å². The van der Waals surface area contributed by atoms with Gasteiger partial charge in [0.15, 0.2) is 0 Å². The van der Waals surface area contributed by atoms with Crippen LogP contribution in [0, 0.1) is 0 Å². The van der Waals surface area contributed by atoms with Gasteiger partial charge in [0.05, 0.1) is 23.3 Å². The molecule has 3 aromatic carbocycles. The molecule has 0 heterocycles. The minimum absolute atomic E-state index is 0.00917. The first-order valence-corrected chi connectivity index (χ1v) is 8.83. The summed E-state index contributed by atoms with van der Waals surface area (Å²) < 4.78 is 33.3. The number of para-hydroxylation sites is 1. The number of benzene rings is 3. The third-order valence-electron chi connectivity index (χ3n) is 3.76. The van der Waals surface area contributed by atoms with Gasteiger partial charge >= 0.3 is 5.97 Å². The average molecular weight is 357 g/mol. The van der Waals surface area contributed by atoms with E-state index in [0.29, 0.717) is 16.5 Å². The average Bonchev–Trinajstić information content (AvgIpc) is 2.60. The van der Waals surface area contributed by atoms with Gasteiger partial charge in [0.2, 0.25) is 0 Å². The van der Waals surface area contributed by atoms with Crippen LogP contribution in [-0.2, 0) is 10.0 Å². The highest BCUT2D eigenvalue weighted by Gasteiger charge is 2.21. The molecule has 0 saturated heterocycles. The van der Waals surface area contributed by atoms with Crippen molar-refractivity contribution in [2.75, 3.05) is 11.8 Å². The summed E-state index contributed by atoms with van der Waals surface area (Å²) in [5, 5.41) is 10.4. The minimum Gasteiger partial charge on any atom is -0.496 e. The van der Waals surface area contributed by atoms with E-state index in [-0.39, 0.29) is 16.1 Å². The molecule has 25 heavy (non-hydrogen) atoms. The van der Waals surface area contributed by atoms with E-state index in [9.17, 15) is 18.3 Å². The number of nitrogens with one attached hydrogen (secondary N) is 1. The van der Waals surface area contributed by atoms with Crippen LogP contribution in [0.5, 0.6) is 5.75 Å². The summed E-state index contributed by atoms with van der Waals surface area (Å²) in [6, 6.07) is 15.8. The molecule has 0 unspecified atom stereocenters. The topological polar surface area (TPSA) is 92.7 Å². The fourth-order valence-electron chi connectivity index (χ4n) is 2.61. The number of carboxylic acid groups (broad SMARTS) is 1. The Hall–Kier alpha value is -3.06. The van der Waals surface area contributed by atoms with Crippen LogP contribution >= 0.6 is 0 Å². The van der Waals surface area contributed by atoms with Crippen LogP contribution in [0.3, 0.4) is 0 Å². The molecular weight excluding hydrogens is 342 g/mol. The van der Waals surface area contributed by atoms with Crippen molar-refractivity contribution in [1.29, 1.82) is 0 Å². The van der Waals surface area contributed by atoms with Crippen LogP contribution in [0.4, 0.5) is 5.69 Å². The number of hydrogen-bond donors (Lipinski definition) is 2. The standard InChI is InChI=1S/C18H15NO5S/c1-24-16-10-11-17(13-7-3-2-6-12(13)16)25(22,23)19-15-9-5-4-8-14(15)18(20)21/h2-11,19H,1H3,(H,20,21). The molecule has 0 saturated carbocycles. The van der Waals surface area contributed by atoms with Crippen molar-refractivity contribution in [3.8, 4) is 5.75 Å². The first kappa shape index (κ1) is 16.8. The zero-order valence-corrected chi connectivity index (χ0v) is 14.1. The van der Waals surface area contributed by atoms with Crippen molar-refractivity contribution in [2.45, 2.75) is 4.90 Å². The minimum atomic E-state index is -3.99. The van der Waals surface area contributed by atoms with E-state index in [0.717, 1.165) is 0 Å². The summed E-state index contributed by atoms with van der Waals surface area (Å²) in [5.74, 6) is -0.654. The third kappa shape index (κ3) is 3.14. The molecule has 0 aliphatic heterocycles. The Kier molecular flexibility index (Phi) is 4.33. The maximum atomic E-state index is 12.8. The molecule has 0 atom stereocenters. The first-order chi connectivity index (χ1) is 11.9. The Morgan fingerprint density at radius 2 is 1.60 bits per heavy atom. The van der Waals surface area contributed by atoms with E-state index in [1.807, 2.05) is 0 Å². The second-order valence-electron chi connectivity index (χ2n) is 5.27. The maximum absolute atomic E-state index is 12.8. The van der Waals surface area contributed by atoms with Gasteiger partial charge in [-0.3, -0.25) is 4.72 Å². The Labute approximate surface area is 144 Å². The Morgan fingerprint density at radius 3 is 2.28 bits per heavy atom. The molecule has 0 aromatic heterocycles. The summed E-state index contributed by atoms with van der Waals surface area (Å²) in [4.78, 5) is 11.3. The van der Waals surface area contributed by atoms with Crippen molar-refractivity contribution >= 4 is 32.5 Å². The number of anilines is 1. The number of carboxylic acids is 1. The van der Waals surface area contributed by atoms with Crippen LogP contribution < -0.4 is 9.46 Å². The summed E-state index contributed by atoms with van der Waals surface area (Å²) in [5.41, 5.74) is -0.112. The number of methoxy groups -OCH3 is 1. The van der Waals surface area contributed by atoms with Crippen LogP contribution in [0.1, 0.15) is 10.4 Å². The van der Waals surface area contributed by atoms with Gasteiger partial charge in [-0.25, -0.2) is 13.2 Å². The van der Waals surface area contributed by atoms with Crippen molar-refractivity contribution < 1.29 is 23.1 Å². The first-order valence-electron chi connectivity index (χ1n) is 7.35. The second kappa shape index (κ2) is 6.45. The number of ether oxygens (including phenoxy) is 1. The number of carbonyl (C=O) groups is 1. The number of fused-ring (bicyclic) bond motifs is 1. The largest absolute Gasteiger partial charge is 0.496 e. The van der Waals surface area contributed by atoms with Crippen molar-refractivity contribution in [3.63, 3.8) is 0 Å². The van der Waals surface area contributed by atoms with E-state index in [1.165, 1.54) is 31.4 Å². The van der Waals surface area contributed by atoms with E-state index in [2.05, 4.69) is 4.72 Å². The predicted octanol–water partition coefficient (Wildman–Crippen LogP) is 3.35. The number of sulfonamides is 1. The molecule has 0 radical (unpaired) electrons. The van der Waals surface area contributed by atoms with Crippen LogP contribution in [0.15, 0.2) is 65.6 Å². The van der Waals surface area contributed by atoms with Crippen molar-refractivity contribution in [2.24, 2.45) is 0 Å². The van der Waals surface area contributed by atoms with Gasteiger partial charge in [-0.15, -0.1) is 0 Å². The van der Waals surface area contributed by atoms with E-state index in [4.69, 9.17) is 4.74 Å². The highest BCUT2D eigenvalue weighted by molar-refractivity contribution is 7.93. The second-order valence-corrected chi connectivity index (χ2v) is 6.92. The van der Waals surface area contributed by atoms with Gasteiger partial charge in [-0.1, -0.05) is 36.4 Å². The zero-order valence-electron chi connectivity index (χ0n) is 13.3. The fraction of sp³-hybridized carbons (Fsp3) is 0.0556. The van der Waals surface area contributed by atoms with Crippen molar-refractivity contribution in [3.05, 3.63) is 66.2 Å². The predicted molar refractivity (Wildman–Crippen MR) is 94.7 cm³/mol. The van der Waals surface area contributed by atoms with Gasteiger partial charge in [0.25, 0.3) is 10.0 Å². The monoisotopic (exact) mass is 357 g/mol. The molecule has 0 aliphatic carbocycles. The zero-order chi connectivity index (χ0) is 18.0. The molecule has 0 amide bonds. The van der Waals surface area contributed by atoms with Gasteiger partial charge in [0.1, 0.15) is 5.75 Å². The van der Waals surface area contributed by atoms with E-state index < -0.39 is 16.0 Å². The molecular formula is C18H15NO5S. The maximum Gasteiger partial charge on any atom is 0.337 e. The Balaban J connectivity index is 2.14. The third-order valence-corrected chi connectivity index (χ3v) is 5.18. The van der Waals surface area contributed by atoms with Crippen molar-refractivity contribution in [1.82, 2.24) is 0 Å². The van der Waals surface area contributed by atoms with Crippen LogP contribution in [-0.4, -0.2) is 26.6 Å². The molecule has 7 heteroatoms. The molecule has 3 aromatic rings. The molecule has 6 nitrogen and oxygen atoms in total. The van der Waals surface area contributed by atoms with E-state index in [1.54, 1.807) is 36.4 Å². The highest BCUT2D eigenvalue weighted by Crippen LogP contribution is 2.32.